The lowest BCUT2D eigenvalue weighted by molar-refractivity contribution is -0.152. The van der Waals surface area contributed by atoms with Crippen LogP contribution in [0.2, 0.25) is 0 Å². The van der Waals surface area contributed by atoms with Gasteiger partial charge in [0.15, 0.2) is 0 Å². The van der Waals surface area contributed by atoms with Gasteiger partial charge in [-0.15, -0.1) is 0 Å². The smallest absolute Gasteiger partial charge is 0.307 e. The molecule has 1 aliphatic heterocycles. The molecule has 6 heteroatoms. The van der Waals surface area contributed by atoms with E-state index in [-0.39, 0.29) is 11.8 Å². The molecule has 1 heterocycles. The Hall–Kier alpha value is -1.14. The molecule has 0 bridgehead atoms. The molecule has 1 saturated heterocycles. The minimum absolute atomic E-state index is 0.127. The fourth-order valence-electron chi connectivity index (χ4n) is 2.79. The van der Waals surface area contributed by atoms with Gasteiger partial charge in [-0.1, -0.05) is 0 Å². The second-order valence-corrected chi connectivity index (χ2v) is 5.90. The summed E-state index contributed by atoms with van der Waals surface area (Å²) >= 11 is 0. The van der Waals surface area contributed by atoms with Crippen LogP contribution in [0, 0.1) is 17.8 Å². The summed E-state index contributed by atoms with van der Waals surface area (Å²) in [5.41, 5.74) is 0. The van der Waals surface area contributed by atoms with Gasteiger partial charge in [-0.05, 0) is 38.0 Å². The van der Waals surface area contributed by atoms with Crippen molar-refractivity contribution in [3.8, 4) is 0 Å². The zero-order chi connectivity index (χ0) is 15.1. The molecule has 1 aliphatic carbocycles. The molecule has 2 atom stereocenters. The highest BCUT2D eigenvalue weighted by atomic mass is 16.5. The molecular formula is C15H25NO5. The van der Waals surface area contributed by atoms with E-state index >= 15 is 0 Å². The lowest BCUT2D eigenvalue weighted by Gasteiger charge is -2.31. The summed E-state index contributed by atoms with van der Waals surface area (Å²) in [7, 11) is 0. The van der Waals surface area contributed by atoms with E-state index in [9.17, 15) is 9.59 Å². The Kier molecular flexibility index (Phi) is 6.45. The fourth-order valence-corrected chi connectivity index (χ4v) is 2.79. The molecule has 2 fully saturated rings. The van der Waals surface area contributed by atoms with Gasteiger partial charge >= 0.3 is 5.97 Å². The summed E-state index contributed by atoms with van der Waals surface area (Å²) in [5, 5.41) is 11.7. The van der Waals surface area contributed by atoms with Crippen molar-refractivity contribution in [3.63, 3.8) is 0 Å². The molecule has 0 aromatic carbocycles. The van der Waals surface area contributed by atoms with Crippen molar-refractivity contribution in [3.05, 3.63) is 0 Å². The number of carboxylic acid groups (broad SMARTS) is 1. The van der Waals surface area contributed by atoms with Crippen molar-refractivity contribution in [2.45, 2.75) is 32.1 Å². The standard InChI is InChI=1S/C15H25NO5/c17-14(12-2-3-13(12)15(18)19)16-6-1-7-21-10-11-4-8-20-9-5-11/h11-13H,1-10H2,(H,16,17)(H,18,19). The fraction of sp³-hybridized carbons (Fsp3) is 0.867. The number of rotatable bonds is 8. The van der Waals surface area contributed by atoms with Crippen LogP contribution >= 0.6 is 0 Å². The number of hydrogen-bond donors (Lipinski definition) is 2. The lowest BCUT2D eigenvalue weighted by atomic mass is 9.73. The van der Waals surface area contributed by atoms with Gasteiger partial charge in [0.05, 0.1) is 11.8 Å². The van der Waals surface area contributed by atoms with Gasteiger partial charge in [0.2, 0.25) is 5.91 Å². The number of carbonyl (C=O) groups is 2. The highest BCUT2D eigenvalue weighted by Gasteiger charge is 2.41. The summed E-state index contributed by atoms with van der Waals surface area (Å²) in [6.07, 6.45) is 4.19. The molecule has 1 amide bonds. The number of hydrogen-bond acceptors (Lipinski definition) is 4. The second kappa shape index (κ2) is 8.34. The van der Waals surface area contributed by atoms with Crippen LogP contribution in [0.4, 0.5) is 0 Å². The Morgan fingerprint density at radius 2 is 1.86 bits per heavy atom. The first-order valence-electron chi connectivity index (χ1n) is 7.84. The molecule has 0 aromatic rings. The number of ether oxygens (including phenoxy) is 2. The van der Waals surface area contributed by atoms with E-state index in [0.717, 1.165) is 39.1 Å². The van der Waals surface area contributed by atoms with Gasteiger partial charge in [0.25, 0.3) is 0 Å². The van der Waals surface area contributed by atoms with E-state index in [1.54, 1.807) is 0 Å². The highest BCUT2D eigenvalue weighted by Crippen LogP contribution is 2.34. The molecule has 0 radical (unpaired) electrons. The molecular weight excluding hydrogens is 274 g/mol. The van der Waals surface area contributed by atoms with Gasteiger partial charge < -0.3 is 19.9 Å². The average Bonchev–Trinajstić information content (AvgIpc) is 2.42. The Bertz CT molecular complexity index is 354. The first-order chi connectivity index (χ1) is 10.2. The Labute approximate surface area is 125 Å². The summed E-state index contributed by atoms with van der Waals surface area (Å²) in [5.74, 6) is -1.22. The molecule has 1 saturated carbocycles. The van der Waals surface area contributed by atoms with Crippen molar-refractivity contribution in [2.75, 3.05) is 33.0 Å². The first-order valence-corrected chi connectivity index (χ1v) is 7.84. The molecule has 120 valence electrons. The quantitative estimate of drug-likeness (QED) is 0.654. The third kappa shape index (κ3) is 4.97. The topological polar surface area (TPSA) is 84.9 Å². The number of aliphatic carboxylic acids is 1. The third-order valence-electron chi connectivity index (χ3n) is 4.39. The monoisotopic (exact) mass is 299 g/mol. The zero-order valence-corrected chi connectivity index (χ0v) is 12.4. The van der Waals surface area contributed by atoms with Crippen LogP contribution in [0.15, 0.2) is 0 Å². The molecule has 0 spiro atoms. The number of carboxylic acids is 1. The van der Waals surface area contributed by atoms with E-state index < -0.39 is 11.9 Å². The second-order valence-electron chi connectivity index (χ2n) is 5.90. The van der Waals surface area contributed by atoms with Crippen LogP contribution in [-0.2, 0) is 19.1 Å². The number of amides is 1. The summed E-state index contributed by atoms with van der Waals surface area (Å²) in [6, 6.07) is 0. The van der Waals surface area contributed by atoms with Crippen LogP contribution in [0.1, 0.15) is 32.1 Å². The number of carbonyl (C=O) groups excluding carboxylic acids is 1. The highest BCUT2D eigenvalue weighted by molar-refractivity contribution is 5.86. The minimum Gasteiger partial charge on any atom is -0.481 e. The Morgan fingerprint density at radius 3 is 2.48 bits per heavy atom. The van der Waals surface area contributed by atoms with Gasteiger partial charge in [-0.3, -0.25) is 9.59 Å². The Morgan fingerprint density at radius 1 is 1.14 bits per heavy atom. The summed E-state index contributed by atoms with van der Waals surface area (Å²) in [6.45, 7) is 3.60. The van der Waals surface area contributed by atoms with E-state index in [0.29, 0.717) is 31.9 Å². The van der Waals surface area contributed by atoms with Crippen LogP contribution < -0.4 is 5.32 Å². The average molecular weight is 299 g/mol. The molecule has 21 heavy (non-hydrogen) atoms. The lowest BCUT2D eigenvalue weighted by Crippen LogP contribution is -2.44. The van der Waals surface area contributed by atoms with Crippen molar-refractivity contribution in [1.29, 1.82) is 0 Å². The summed E-state index contributed by atoms with van der Waals surface area (Å²) in [4.78, 5) is 22.6. The first kappa shape index (κ1) is 16.2. The van der Waals surface area contributed by atoms with Crippen molar-refractivity contribution in [2.24, 2.45) is 17.8 Å². The zero-order valence-electron chi connectivity index (χ0n) is 12.4. The van der Waals surface area contributed by atoms with Crippen LogP contribution in [0.5, 0.6) is 0 Å². The Balaban J connectivity index is 1.48. The predicted molar refractivity (Wildman–Crippen MR) is 75.8 cm³/mol. The third-order valence-corrected chi connectivity index (χ3v) is 4.39. The molecule has 2 rings (SSSR count). The van der Waals surface area contributed by atoms with Gasteiger partial charge in [0.1, 0.15) is 0 Å². The molecule has 2 N–H and O–H groups in total. The van der Waals surface area contributed by atoms with E-state index in [2.05, 4.69) is 5.32 Å². The minimum atomic E-state index is -0.860. The maximum atomic E-state index is 11.8. The normalized spacial score (nSPS) is 26.1. The van der Waals surface area contributed by atoms with Crippen molar-refractivity contribution < 1.29 is 24.2 Å². The molecule has 0 aromatic heterocycles. The van der Waals surface area contributed by atoms with Gasteiger partial charge in [0, 0.05) is 33.0 Å². The van der Waals surface area contributed by atoms with Crippen LogP contribution in [0.25, 0.3) is 0 Å². The largest absolute Gasteiger partial charge is 0.481 e. The molecule has 2 aliphatic rings. The van der Waals surface area contributed by atoms with Gasteiger partial charge in [-0.2, -0.15) is 0 Å². The SMILES string of the molecule is O=C(O)C1CCC1C(=O)NCCCOCC1CCOCC1. The molecule has 6 nitrogen and oxygen atoms in total. The number of nitrogens with one attached hydrogen (secondary N) is 1. The van der Waals surface area contributed by atoms with Crippen LogP contribution in [0.3, 0.4) is 0 Å². The van der Waals surface area contributed by atoms with E-state index in [4.69, 9.17) is 14.6 Å². The maximum absolute atomic E-state index is 11.8. The molecule has 2 unspecified atom stereocenters. The van der Waals surface area contributed by atoms with Crippen LogP contribution in [-0.4, -0.2) is 50.0 Å². The van der Waals surface area contributed by atoms with E-state index in [1.807, 2.05) is 0 Å². The predicted octanol–water partition coefficient (Wildman–Crippen LogP) is 1.05. The van der Waals surface area contributed by atoms with Gasteiger partial charge in [-0.25, -0.2) is 0 Å². The van der Waals surface area contributed by atoms with Crippen molar-refractivity contribution >= 4 is 11.9 Å². The van der Waals surface area contributed by atoms with E-state index in [1.165, 1.54) is 0 Å². The summed E-state index contributed by atoms with van der Waals surface area (Å²) < 4.78 is 10.9. The van der Waals surface area contributed by atoms with Crippen molar-refractivity contribution in [1.82, 2.24) is 5.32 Å². The maximum Gasteiger partial charge on any atom is 0.307 e.